The fourth-order valence-electron chi connectivity index (χ4n) is 1.54. The van der Waals surface area contributed by atoms with Crippen LogP contribution in [0.25, 0.3) is 0 Å². The molecule has 104 valence electrons. The number of nitro groups is 1. The number of rotatable bonds is 4. The summed E-state index contributed by atoms with van der Waals surface area (Å²) in [6, 6.07) is 7.32. The predicted octanol–water partition coefficient (Wildman–Crippen LogP) is 4.56. The number of hydrogen-bond donors (Lipinski definition) is 0. The van der Waals surface area contributed by atoms with Crippen LogP contribution < -0.4 is 4.74 Å². The summed E-state index contributed by atoms with van der Waals surface area (Å²) in [5.74, 6) is -2.15. The molecule has 2 aromatic rings. The lowest BCUT2D eigenvalue weighted by atomic mass is 10.2. The Kier molecular flexibility index (Phi) is 4.29. The smallest absolute Gasteiger partial charge is 0.311 e. The minimum Gasteiger partial charge on any atom is -0.450 e. The van der Waals surface area contributed by atoms with Crippen molar-refractivity contribution in [1.29, 1.82) is 0 Å². The molecule has 0 heterocycles. The lowest BCUT2D eigenvalue weighted by Gasteiger charge is -2.07. The fourth-order valence-corrected chi connectivity index (χ4v) is 1.89. The van der Waals surface area contributed by atoms with Crippen molar-refractivity contribution in [2.75, 3.05) is 0 Å². The minimum absolute atomic E-state index is 0.0152. The van der Waals surface area contributed by atoms with Gasteiger partial charge in [-0.1, -0.05) is 22.0 Å². The number of nitrogens with zero attached hydrogens (tertiary/aromatic N) is 1. The van der Waals surface area contributed by atoms with E-state index in [9.17, 15) is 18.9 Å². The summed E-state index contributed by atoms with van der Waals surface area (Å²) in [7, 11) is 0. The Bertz CT molecular complexity index is 664. The molecule has 0 saturated heterocycles. The van der Waals surface area contributed by atoms with E-state index in [0.717, 1.165) is 12.1 Å². The standard InChI is InChI=1S/C13H8BrF2NO3/c14-7-8-1-4-13(12(5-8)17(18)19)20-9-2-3-10(15)11(16)6-9/h1-6H,7H2. The SMILES string of the molecule is O=[N+]([O-])c1cc(CBr)ccc1Oc1ccc(F)c(F)c1. The summed E-state index contributed by atoms with van der Waals surface area (Å²) in [4.78, 5) is 10.4. The summed E-state index contributed by atoms with van der Waals surface area (Å²) < 4.78 is 31.1. The second-order valence-electron chi connectivity index (χ2n) is 3.87. The first-order valence-electron chi connectivity index (χ1n) is 5.47. The van der Waals surface area contributed by atoms with Gasteiger partial charge in [0.25, 0.3) is 0 Å². The third kappa shape index (κ3) is 3.11. The van der Waals surface area contributed by atoms with Crippen molar-refractivity contribution < 1.29 is 18.4 Å². The number of nitro benzene ring substituents is 1. The molecule has 0 spiro atoms. The van der Waals surface area contributed by atoms with Gasteiger partial charge >= 0.3 is 5.69 Å². The Morgan fingerprint density at radius 1 is 1.15 bits per heavy atom. The van der Waals surface area contributed by atoms with E-state index in [1.165, 1.54) is 18.2 Å². The van der Waals surface area contributed by atoms with Crippen molar-refractivity contribution in [3.8, 4) is 11.5 Å². The molecule has 0 aliphatic carbocycles. The zero-order valence-electron chi connectivity index (χ0n) is 9.98. The zero-order chi connectivity index (χ0) is 14.7. The van der Waals surface area contributed by atoms with Crippen LogP contribution in [0, 0.1) is 21.7 Å². The van der Waals surface area contributed by atoms with Crippen LogP contribution in [-0.2, 0) is 5.33 Å². The quantitative estimate of drug-likeness (QED) is 0.464. The molecule has 0 radical (unpaired) electrons. The van der Waals surface area contributed by atoms with Crippen molar-refractivity contribution in [2.24, 2.45) is 0 Å². The molecule has 0 atom stereocenters. The Hall–Kier alpha value is -2.02. The highest BCUT2D eigenvalue weighted by molar-refractivity contribution is 9.08. The van der Waals surface area contributed by atoms with Gasteiger partial charge in [-0.05, 0) is 23.8 Å². The normalized spacial score (nSPS) is 10.3. The van der Waals surface area contributed by atoms with Gasteiger partial charge < -0.3 is 4.74 Å². The zero-order valence-corrected chi connectivity index (χ0v) is 11.6. The second kappa shape index (κ2) is 5.96. The highest BCUT2D eigenvalue weighted by atomic mass is 79.9. The average Bonchev–Trinajstić information content (AvgIpc) is 2.43. The average molecular weight is 344 g/mol. The summed E-state index contributed by atoms with van der Waals surface area (Å²) in [5, 5.41) is 11.4. The molecule has 0 aromatic heterocycles. The first-order valence-corrected chi connectivity index (χ1v) is 6.59. The molecule has 2 aromatic carbocycles. The molecule has 0 amide bonds. The van der Waals surface area contributed by atoms with E-state index >= 15 is 0 Å². The van der Waals surface area contributed by atoms with Crippen molar-refractivity contribution >= 4 is 21.6 Å². The van der Waals surface area contributed by atoms with Crippen molar-refractivity contribution in [1.82, 2.24) is 0 Å². The maximum absolute atomic E-state index is 13.1. The van der Waals surface area contributed by atoms with E-state index in [1.807, 2.05) is 0 Å². The Morgan fingerprint density at radius 3 is 2.50 bits per heavy atom. The lowest BCUT2D eigenvalue weighted by molar-refractivity contribution is -0.385. The summed E-state index contributed by atoms with van der Waals surface area (Å²) in [5.41, 5.74) is 0.459. The molecule has 20 heavy (non-hydrogen) atoms. The van der Waals surface area contributed by atoms with Crippen molar-refractivity contribution in [3.05, 3.63) is 63.7 Å². The molecule has 0 N–H and O–H groups in total. The largest absolute Gasteiger partial charge is 0.450 e. The van der Waals surface area contributed by atoms with Gasteiger partial charge in [-0.2, -0.15) is 0 Å². The van der Waals surface area contributed by atoms with E-state index in [-0.39, 0.29) is 17.2 Å². The maximum Gasteiger partial charge on any atom is 0.311 e. The molecule has 0 bridgehead atoms. The van der Waals surface area contributed by atoms with Gasteiger partial charge in [0.05, 0.1) is 4.92 Å². The molecule has 0 aliphatic heterocycles. The van der Waals surface area contributed by atoms with Crippen LogP contribution in [0.4, 0.5) is 14.5 Å². The van der Waals surface area contributed by atoms with Crippen LogP contribution in [0.5, 0.6) is 11.5 Å². The lowest BCUT2D eigenvalue weighted by Crippen LogP contribution is -1.95. The molecule has 4 nitrogen and oxygen atoms in total. The van der Waals surface area contributed by atoms with Gasteiger partial charge in [-0.25, -0.2) is 8.78 Å². The summed E-state index contributed by atoms with van der Waals surface area (Å²) >= 11 is 3.19. The Balaban J connectivity index is 2.37. The monoisotopic (exact) mass is 343 g/mol. The fraction of sp³-hybridized carbons (Fsp3) is 0.0769. The Morgan fingerprint density at radius 2 is 1.90 bits per heavy atom. The van der Waals surface area contributed by atoms with Crippen molar-refractivity contribution in [3.63, 3.8) is 0 Å². The van der Waals surface area contributed by atoms with Gasteiger partial charge in [0.2, 0.25) is 5.75 Å². The molecular weight excluding hydrogens is 336 g/mol. The number of halogens is 3. The number of hydrogen-bond acceptors (Lipinski definition) is 3. The third-order valence-electron chi connectivity index (χ3n) is 2.49. The van der Waals surface area contributed by atoms with E-state index in [2.05, 4.69) is 15.9 Å². The maximum atomic E-state index is 13.1. The van der Waals surface area contributed by atoms with Crippen LogP contribution in [0.3, 0.4) is 0 Å². The van der Waals surface area contributed by atoms with Crippen LogP contribution in [-0.4, -0.2) is 4.92 Å². The molecule has 0 saturated carbocycles. The van der Waals surface area contributed by atoms with Gasteiger partial charge in [-0.3, -0.25) is 10.1 Å². The van der Waals surface area contributed by atoms with E-state index in [0.29, 0.717) is 10.9 Å². The first kappa shape index (κ1) is 14.4. The van der Waals surface area contributed by atoms with E-state index in [1.54, 1.807) is 6.07 Å². The first-order chi connectivity index (χ1) is 9.51. The summed E-state index contributed by atoms with van der Waals surface area (Å²) in [6.45, 7) is 0. The van der Waals surface area contributed by atoms with Gasteiger partial charge in [-0.15, -0.1) is 0 Å². The molecule has 0 fully saturated rings. The highest BCUT2D eigenvalue weighted by Crippen LogP contribution is 2.33. The topological polar surface area (TPSA) is 52.4 Å². The van der Waals surface area contributed by atoms with Gasteiger partial charge in [0.1, 0.15) is 5.75 Å². The minimum atomic E-state index is -1.08. The molecule has 2 rings (SSSR count). The van der Waals surface area contributed by atoms with Crippen molar-refractivity contribution in [2.45, 2.75) is 5.33 Å². The number of ether oxygens (including phenoxy) is 1. The third-order valence-corrected chi connectivity index (χ3v) is 3.14. The van der Waals surface area contributed by atoms with Gasteiger partial charge in [0, 0.05) is 17.5 Å². The number of alkyl halides is 1. The van der Waals surface area contributed by atoms with E-state index in [4.69, 9.17) is 4.74 Å². The molecule has 0 aliphatic rings. The van der Waals surface area contributed by atoms with E-state index < -0.39 is 16.6 Å². The Labute approximate surface area is 121 Å². The second-order valence-corrected chi connectivity index (χ2v) is 4.43. The van der Waals surface area contributed by atoms with Crippen LogP contribution in [0.15, 0.2) is 36.4 Å². The molecular formula is C13H8BrF2NO3. The van der Waals surface area contributed by atoms with Crippen LogP contribution >= 0.6 is 15.9 Å². The predicted molar refractivity (Wildman–Crippen MR) is 72.2 cm³/mol. The molecule has 0 unspecified atom stereocenters. The van der Waals surface area contributed by atoms with Gasteiger partial charge in [0.15, 0.2) is 11.6 Å². The molecule has 7 heteroatoms. The summed E-state index contributed by atoms with van der Waals surface area (Å²) in [6.07, 6.45) is 0. The highest BCUT2D eigenvalue weighted by Gasteiger charge is 2.17. The number of benzene rings is 2. The van der Waals surface area contributed by atoms with Crippen LogP contribution in [0.1, 0.15) is 5.56 Å². The van der Waals surface area contributed by atoms with Crippen LogP contribution in [0.2, 0.25) is 0 Å².